The zero-order valence-corrected chi connectivity index (χ0v) is 11.7. The molecule has 0 N–H and O–H groups in total. The third kappa shape index (κ3) is 2.50. The SMILES string of the molecule is CCc1nc2ccccc2n1C/C=C/c1ccccc1. The molecular formula is C18H18N2. The Balaban J connectivity index is 1.89. The van der Waals surface area contributed by atoms with Crippen LogP contribution in [-0.2, 0) is 13.0 Å². The summed E-state index contributed by atoms with van der Waals surface area (Å²) in [6.07, 6.45) is 5.31. The van der Waals surface area contributed by atoms with Gasteiger partial charge in [0.05, 0.1) is 11.0 Å². The highest BCUT2D eigenvalue weighted by atomic mass is 15.1. The number of benzene rings is 2. The van der Waals surface area contributed by atoms with Crippen molar-refractivity contribution in [2.45, 2.75) is 19.9 Å². The summed E-state index contributed by atoms with van der Waals surface area (Å²) in [6.45, 7) is 3.01. The lowest BCUT2D eigenvalue weighted by molar-refractivity contribution is 0.770. The monoisotopic (exact) mass is 262 g/mol. The highest BCUT2D eigenvalue weighted by Gasteiger charge is 2.06. The van der Waals surface area contributed by atoms with Crippen LogP contribution in [0.1, 0.15) is 18.3 Å². The van der Waals surface area contributed by atoms with Crippen LogP contribution in [0.4, 0.5) is 0 Å². The van der Waals surface area contributed by atoms with E-state index in [0.29, 0.717) is 0 Å². The predicted molar refractivity (Wildman–Crippen MR) is 84.6 cm³/mol. The van der Waals surface area contributed by atoms with E-state index in [2.05, 4.69) is 71.1 Å². The third-order valence-corrected chi connectivity index (χ3v) is 3.45. The van der Waals surface area contributed by atoms with E-state index in [9.17, 15) is 0 Å². The van der Waals surface area contributed by atoms with Crippen LogP contribution < -0.4 is 0 Å². The smallest absolute Gasteiger partial charge is 0.109 e. The molecule has 2 heteroatoms. The van der Waals surface area contributed by atoms with Gasteiger partial charge in [-0.3, -0.25) is 0 Å². The molecule has 0 aliphatic rings. The lowest BCUT2D eigenvalue weighted by Crippen LogP contribution is -2.00. The normalized spacial score (nSPS) is 11.4. The third-order valence-electron chi connectivity index (χ3n) is 3.45. The molecule has 0 atom stereocenters. The molecule has 20 heavy (non-hydrogen) atoms. The van der Waals surface area contributed by atoms with Gasteiger partial charge >= 0.3 is 0 Å². The van der Waals surface area contributed by atoms with Crippen molar-refractivity contribution in [3.05, 3.63) is 72.1 Å². The quantitative estimate of drug-likeness (QED) is 0.685. The van der Waals surface area contributed by atoms with Crippen molar-refractivity contribution in [3.63, 3.8) is 0 Å². The Kier molecular flexibility index (Phi) is 3.64. The molecule has 0 unspecified atom stereocenters. The molecule has 1 aromatic heterocycles. The van der Waals surface area contributed by atoms with E-state index < -0.39 is 0 Å². The standard InChI is InChI=1S/C18H18N2/c1-2-18-19-16-12-6-7-13-17(16)20(18)14-8-11-15-9-4-3-5-10-15/h3-13H,2,14H2,1H3/b11-8+. The van der Waals surface area contributed by atoms with Crippen LogP contribution >= 0.6 is 0 Å². The maximum absolute atomic E-state index is 4.69. The summed E-state index contributed by atoms with van der Waals surface area (Å²) >= 11 is 0. The summed E-state index contributed by atoms with van der Waals surface area (Å²) < 4.78 is 2.29. The molecular weight excluding hydrogens is 244 g/mol. The number of aryl methyl sites for hydroxylation is 1. The maximum atomic E-state index is 4.69. The minimum Gasteiger partial charge on any atom is -0.324 e. The summed E-state index contributed by atoms with van der Waals surface area (Å²) in [5.41, 5.74) is 3.52. The molecule has 0 aliphatic heterocycles. The number of aromatic nitrogens is 2. The lowest BCUT2D eigenvalue weighted by Gasteiger charge is -2.04. The van der Waals surface area contributed by atoms with Gasteiger partial charge in [-0.15, -0.1) is 0 Å². The van der Waals surface area contributed by atoms with E-state index in [1.165, 1.54) is 11.1 Å². The molecule has 0 spiro atoms. The van der Waals surface area contributed by atoms with Crippen LogP contribution in [0, 0.1) is 0 Å². The number of para-hydroxylation sites is 2. The highest BCUT2D eigenvalue weighted by molar-refractivity contribution is 5.76. The fourth-order valence-corrected chi connectivity index (χ4v) is 2.46. The van der Waals surface area contributed by atoms with Crippen molar-refractivity contribution in [1.82, 2.24) is 9.55 Å². The maximum Gasteiger partial charge on any atom is 0.109 e. The molecule has 3 rings (SSSR count). The number of hydrogen-bond acceptors (Lipinski definition) is 1. The van der Waals surface area contributed by atoms with Gasteiger partial charge in [-0.25, -0.2) is 4.98 Å². The first-order valence-corrected chi connectivity index (χ1v) is 7.04. The van der Waals surface area contributed by atoms with Crippen LogP contribution in [0.25, 0.3) is 17.1 Å². The van der Waals surface area contributed by atoms with Gasteiger partial charge in [-0.1, -0.05) is 61.5 Å². The summed E-state index contributed by atoms with van der Waals surface area (Å²) in [7, 11) is 0. The van der Waals surface area contributed by atoms with E-state index in [0.717, 1.165) is 24.3 Å². The van der Waals surface area contributed by atoms with Gasteiger partial charge in [-0.05, 0) is 17.7 Å². The second-order valence-electron chi connectivity index (χ2n) is 4.79. The summed E-state index contributed by atoms with van der Waals surface area (Å²) in [5.74, 6) is 1.14. The molecule has 0 saturated heterocycles. The van der Waals surface area contributed by atoms with Crippen LogP contribution in [-0.4, -0.2) is 9.55 Å². The number of fused-ring (bicyclic) bond motifs is 1. The van der Waals surface area contributed by atoms with E-state index in [1.807, 2.05) is 12.1 Å². The molecule has 0 saturated carbocycles. The first-order chi connectivity index (χ1) is 9.88. The number of allylic oxidation sites excluding steroid dienone is 1. The highest BCUT2D eigenvalue weighted by Crippen LogP contribution is 2.16. The molecule has 0 amide bonds. The number of imidazole rings is 1. The van der Waals surface area contributed by atoms with E-state index >= 15 is 0 Å². The Morgan fingerprint density at radius 2 is 1.75 bits per heavy atom. The molecule has 0 aliphatic carbocycles. The topological polar surface area (TPSA) is 17.8 Å². The Labute approximate surface area is 119 Å². The van der Waals surface area contributed by atoms with Crippen molar-refractivity contribution in [2.24, 2.45) is 0 Å². The van der Waals surface area contributed by atoms with Crippen LogP contribution in [0.5, 0.6) is 0 Å². The van der Waals surface area contributed by atoms with Gasteiger partial charge < -0.3 is 4.57 Å². The van der Waals surface area contributed by atoms with Crippen LogP contribution in [0.2, 0.25) is 0 Å². The molecule has 2 aromatic carbocycles. The van der Waals surface area contributed by atoms with Crippen molar-refractivity contribution in [2.75, 3.05) is 0 Å². The van der Waals surface area contributed by atoms with Gasteiger partial charge in [0.25, 0.3) is 0 Å². The van der Waals surface area contributed by atoms with Crippen molar-refractivity contribution in [1.29, 1.82) is 0 Å². The van der Waals surface area contributed by atoms with Gasteiger partial charge in [0, 0.05) is 13.0 Å². The molecule has 0 radical (unpaired) electrons. The molecule has 3 aromatic rings. The second kappa shape index (κ2) is 5.74. The van der Waals surface area contributed by atoms with Crippen molar-refractivity contribution < 1.29 is 0 Å². The fraction of sp³-hybridized carbons (Fsp3) is 0.167. The minimum absolute atomic E-state index is 0.860. The largest absolute Gasteiger partial charge is 0.324 e. The molecule has 0 fully saturated rings. The van der Waals surface area contributed by atoms with Crippen molar-refractivity contribution in [3.8, 4) is 0 Å². The Morgan fingerprint density at radius 3 is 2.55 bits per heavy atom. The summed E-state index contributed by atoms with van der Waals surface area (Å²) in [4.78, 5) is 4.69. The second-order valence-corrected chi connectivity index (χ2v) is 4.79. The first kappa shape index (κ1) is 12.7. The van der Waals surface area contributed by atoms with E-state index in [1.54, 1.807) is 0 Å². The number of nitrogens with zero attached hydrogens (tertiary/aromatic N) is 2. The molecule has 2 nitrogen and oxygen atoms in total. The fourth-order valence-electron chi connectivity index (χ4n) is 2.46. The lowest BCUT2D eigenvalue weighted by atomic mass is 10.2. The molecule has 100 valence electrons. The number of hydrogen-bond donors (Lipinski definition) is 0. The average molecular weight is 262 g/mol. The zero-order chi connectivity index (χ0) is 13.8. The Hall–Kier alpha value is -2.35. The predicted octanol–water partition coefficient (Wildman–Crippen LogP) is 4.31. The van der Waals surface area contributed by atoms with Gasteiger partial charge in [0.2, 0.25) is 0 Å². The Morgan fingerprint density at radius 1 is 1.00 bits per heavy atom. The van der Waals surface area contributed by atoms with Crippen LogP contribution in [0.15, 0.2) is 60.7 Å². The van der Waals surface area contributed by atoms with E-state index in [4.69, 9.17) is 0 Å². The van der Waals surface area contributed by atoms with E-state index in [-0.39, 0.29) is 0 Å². The summed E-state index contributed by atoms with van der Waals surface area (Å²) in [6, 6.07) is 18.7. The molecule has 1 heterocycles. The van der Waals surface area contributed by atoms with Gasteiger partial charge in [0.15, 0.2) is 0 Å². The first-order valence-electron chi connectivity index (χ1n) is 7.04. The minimum atomic E-state index is 0.860. The average Bonchev–Trinajstić information content (AvgIpc) is 2.87. The van der Waals surface area contributed by atoms with Gasteiger partial charge in [-0.2, -0.15) is 0 Å². The Bertz CT molecular complexity index is 724. The van der Waals surface area contributed by atoms with Crippen molar-refractivity contribution >= 4 is 17.1 Å². The van der Waals surface area contributed by atoms with Gasteiger partial charge in [0.1, 0.15) is 5.82 Å². The molecule has 0 bridgehead atoms. The van der Waals surface area contributed by atoms with Crippen LogP contribution in [0.3, 0.4) is 0 Å². The summed E-state index contributed by atoms with van der Waals surface area (Å²) in [5, 5.41) is 0. The zero-order valence-electron chi connectivity index (χ0n) is 11.7. The number of rotatable bonds is 4.